The van der Waals surface area contributed by atoms with Crippen LogP contribution < -0.4 is 0 Å². The van der Waals surface area contributed by atoms with Gasteiger partial charge in [-0.1, -0.05) is 24.3 Å². The zero-order valence-electron chi connectivity index (χ0n) is 13.8. The molecule has 4 rings (SSSR count). The largest absolute Gasteiger partial charge is 0.465 e. The molecule has 24 heavy (non-hydrogen) atoms. The van der Waals surface area contributed by atoms with Crippen LogP contribution in [-0.2, 0) is 23.2 Å². The molecule has 0 aliphatic carbocycles. The first-order valence-corrected chi connectivity index (χ1v) is 9.85. The number of hydrogen-bond donors (Lipinski definition) is 0. The van der Waals surface area contributed by atoms with Gasteiger partial charge in [0.05, 0.1) is 6.04 Å². The van der Waals surface area contributed by atoms with Crippen molar-refractivity contribution in [2.24, 2.45) is 0 Å². The van der Waals surface area contributed by atoms with Gasteiger partial charge in [-0.2, -0.15) is 17.0 Å². The van der Waals surface area contributed by atoms with Crippen molar-refractivity contribution in [2.75, 3.05) is 13.1 Å². The molecule has 3 heterocycles. The van der Waals surface area contributed by atoms with Gasteiger partial charge in [0, 0.05) is 19.6 Å². The van der Waals surface area contributed by atoms with Gasteiger partial charge in [-0.15, -0.1) is 0 Å². The topological polar surface area (TPSA) is 53.8 Å². The summed E-state index contributed by atoms with van der Waals surface area (Å²) in [7, 11) is -3.49. The van der Waals surface area contributed by atoms with E-state index < -0.39 is 10.2 Å². The van der Waals surface area contributed by atoms with E-state index in [4.69, 9.17) is 4.42 Å². The van der Waals surface area contributed by atoms with Gasteiger partial charge in [-0.25, -0.2) is 0 Å². The highest BCUT2D eigenvalue weighted by Crippen LogP contribution is 2.37. The summed E-state index contributed by atoms with van der Waals surface area (Å²) >= 11 is 0. The second-order valence-electron chi connectivity index (χ2n) is 6.58. The highest BCUT2D eigenvalue weighted by atomic mass is 32.2. The Labute approximate surface area is 143 Å². The van der Waals surface area contributed by atoms with E-state index in [1.165, 1.54) is 5.56 Å². The van der Waals surface area contributed by atoms with Crippen LogP contribution in [0.2, 0.25) is 0 Å². The van der Waals surface area contributed by atoms with Crippen LogP contribution in [0.1, 0.15) is 41.5 Å². The third-order valence-corrected chi connectivity index (χ3v) is 7.01. The molecule has 1 unspecified atom stereocenters. The van der Waals surface area contributed by atoms with Gasteiger partial charge in [-0.05, 0) is 49.4 Å². The molecule has 6 heteroatoms. The first kappa shape index (κ1) is 15.9. The van der Waals surface area contributed by atoms with Gasteiger partial charge in [0.2, 0.25) is 0 Å². The molecular weight excluding hydrogens is 324 g/mol. The lowest BCUT2D eigenvalue weighted by molar-refractivity contribution is 0.291. The van der Waals surface area contributed by atoms with E-state index in [0.717, 1.165) is 36.3 Å². The number of fused-ring (bicyclic) bond motifs is 1. The third kappa shape index (κ3) is 2.68. The van der Waals surface area contributed by atoms with Crippen molar-refractivity contribution in [2.45, 2.75) is 38.8 Å². The molecule has 0 N–H and O–H groups in total. The third-order valence-electron chi connectivity index (χ3n) is 5.01. The maximum absolute atomic E-state index is 13.2. The van der Waals surface area contributed by atoms with E-state index in [-0.39, 0.29) is 6.04 Å². The van der Waals surface area contributed by atoms with Gasteiger partial charge in [0.1, 0.15) is 11.5 Å². The van der Waals surface area contributed by atoms with Crippen LogP contribution in [0.15, 0.2) is 40.8 Å². The van der Waals surface area contributed by atoms with Crippen LogP contribution in [0.4, 0.5) is 0 Å². The van der Waals surface area contributed by atoms with Crippen LogP contribution >= 0.6 is 0 Å². The zero-order valence-corrected chi connectivity index (χ0v) is 14.6. The molecule has 1 aromatic carbocycles. The van der Waals surface area contributed by atoms with Crippen LogP contribution in [0.3, 0.4) is 0 Å². The molecule has 2 aliphatic heterocycles. The van der Waals surface area contributed by atoms with Crippen molar-refractivity contribution in [3.8, 4) is 0 Å². The lowest BCUT2D eigenvalue weighted by Crippen LogP contribution is -2.45. The monoisotopic (exact) mass is 346 g/mol. The average Bonchev–Trinajstić information content (AvgIpc) is 3.23. The van der Waals surface area contributed by atoms with Crippen molar-refractivity contribution in [1.29, 1.82) is 0 Å². The normalized spacial score (nSPS) is 22.6. The molecule has 1 saturated heterocycles. The van der Waals surface area contributed by atoms with Crippen LogP contribution in [0, 0.1) is 6.92 Å². The van der Waals surface area contributed by atoms with Gasteiger partial charge >= 0.3 is 0 Å². The molecule has 128 valence electrons. The Bertz CT molecular complexity index is 843. The molecule has 5 nitrogen and oxygen atoms in total. The molecule has 2 aromatic rings. The van der Waals surface area contributed by atoms with Crippen molar-refractivity contribution in [3.05, 3.63) is 59.0 Å². The summed E-state index contributed by atoms with van der Waals surface area (Å²) < 4.78 is 35.3. The molecule has 0 bridgehead atoms. The van der Waals surface area contributed by atoms with Crippen molar-refractivity contribution in [3.63, 3.8) is 0 Å². The lowest BCUT2D eigenvalue weighted by atomic mass is 10.0. The summed E-state index contributed by atoms with van der Waals surface area (Å²) in [5.74, 6) is 1.58. The summed E-state index contributed by atoms with van der Waals surface area (Å²) in [6.07, 6.45) is 2.46. The molecule has 1 atom stereocenters. The Kier molecular flexibility index (Phi) is 3.98. The highest BCUT2D eigenvalue weighted by molar-refractivity contribution is 7.86. The predicted molar refractivity (Wildman–Crippen MR) is 91.6 cm³/mol. The Hall–Kier alpha value is -1.63. The summed E-state index contributed by atoms with van der Waals surface area (Å²) in [5.41, 5.74) is 2.36. The zero-order chi connectivity index (χ0) is 16.7. The second kappa shape index (κ2) is 6.02. The maximum Gasteiger partial charge on any atom is 0.282 e. The first-order valence-electron chi connectivity index (χ1n) is 8.46. The Morgan fingerprint density at radius 3 is 2.62 bits per heavy atom. The van der Waals surface area contributed by atoms with E-state index in [9.17, 15) is 8.42 Å². The van der Waals surface area contributed by atoms with Gasteiger partial charge < -0.3 is 4.42 Å². The number of rotatable bonds is 3. The van der Waals surface area contributed by atoms with E-state index in [0.29, 0.717) is 19.6 Å². The van der Waals surface area contributed by atoms with Crippen LogP contribution in [-0.4, -0.2) is 30.1 Å². The summed E-state index contributed by atoms with van der Waals surface area (Å²) in [6, 6.07) is 11.7. The second-order valence-corrected chi connectivity index (χ2v) is 8.46. The van der Waals surface area contributed by atoms with Crippen LogP contribution in [0.5, 0.6) is 0 Å². The fraction of sp³-hybridized carbons (Fsp3) is 0.444. The smallest absolute Gasteiger partial charge is 0.282 e. The van der Waals surface area contributed by atoms with Crippen molar-refractivity contribution >= 4 is 10.2 Å². The summed E-state index contributed by atoms with van der Waals surface area (Å²) in [5, 5.41) is 0. The number of hydrogen-bond acceptors (Lipinski definition) is 3. The molecular formula is C18H22N2O3S. The molecule has 0 saturated carbocycles. The number of benzene rings is 1. The minimum absolute atomic E-state index is 0.180. The van der Waals surface area contributed by atoms with Gasteiger partial charge in [0.25, 0.3) is 10.2 Å². The minimum Gasteiger partial charge on any atom is -0.465 e. The first-order chi connectivity index (χ1) is 11.6. The van der Waals surface area contributed by atoms with E-state index >= 15 is 0 Å². The Morgan fingerprint density at radius 1 is 1.08 bits per heavy atom. The number of furan rings is 1. The average molecular weight is 346 g/mol. The van der Waals surface area contributed by atoms with Crippen molar-refractivity contribution in [1.82, 2.24) is 8.61 Å². The number of aryl methyl sites for hydroxylation is 1. The SMILES string of the molecule is Cc1ccc(C2CCCN2S(=O)(=O)N2CCc3ccccc3C2)o1. The fourth-order valence-electron chi connectivity index (χ4n) is 3.75. The standard InChI is InChI=1S/C18H22N2O3S/c1-14-8-9-18(23-14)17-7-4-11-20(17)24(21,22)19-12-10-15-5-2-3-6-16(15)13-19/h2-3,5-6,8-9,17H,4,7,10-13H2,1H3. The fourth-order valence-corrected chi connectivity index (χ4v) is 5.56. The summed E-state index contributed by atoms with van der Waals surface area (Å²) in [4.78, 5) is 0. The molecule has 0 spiro atoms. The number of nitrogens with zero attached hydrogens (tertiary/aromatic N) is 2. The maximum atomic E-state index is 13.2. The molecule has 0 radical (unpaired) electrons. The Balaban J connectivity index is 1.60. The molecule has 1 fully saturated rings. The minimum atomic E-state index is -3.49. The van der Waals surface area contributed by atoms with Gasteiger partial charge in [0.15, 0.2) is 0 Å². The molecule has 2 aliphatic rings. The Morgan fingerprint density at radius 2 is 1.88 bits per heavy atom. The van der Waals surface area contributed by atoms with Gasteiger partial charge in [-0.3, -0.25) is 0 Å². The lowest BCUT2D eigenvalue weighted by Gasteiger charge is -2.33. The van der Waals surface area contributed by atoms with E-state index in [2.05, 4.69) is 6.07 Å². The highest BCUT2D eigenvalue weighted by Gasteiger charge is 2.41. The summed E-state index contributed by atoms with van der Waals surface area (Å²) in [6.45, 7) is 3.45. The van der Waals surface area contributed by atoms with E-state index in [1.54, 1.807) is 8.61 Å². The van der Waals surface area contributed by atoms with E-state index in [1.807, 2.05) is 37.3 Å². The van der Waals surface area contributed by atoms with Crippen molar-refractivity contribution < 1.29 is 12.8 Å². The quantitative estimate of drug-likeness (QED) is 0.858. The predicted octanol–water partition coefficient (Wildman–Crippen LogP) is 3.03. The van der Waals surface area contributed by atoms with Crippen LogP contribution in [0.25, 0.3) is 0 Å². The molecule has 0 amide bonds. The molecule has 1 aromatic heterocycles.